The molecule has 2 amide bonds. The zero-order valence-electron chi connectivity index (χ0n) is 12.8. The topological polar surface area (TPSA) is 75.4 Å². The first kappa shape index (κ1) is 18.2. The first-order valence-corrected chi connectivity index (χ1v) is 7.87. The zero-order chi connectivity index (χ0) is 14.5. The van der Waals surface area contributed by atoms with E-state index in [1.54, 1.807) is 0 Å². The molecule has 0 bridgehead atoms. The summed E-state index contributed by atoms with van der Waals surface area (Å²) in [6, 6.07) is 0.0568. The molecule has 1 aliphatic carbocycles. The van der Waals surface area contributed by atoms with E-state index in [-0.39, 0.29) is 36.2 Å². The number of nitrogens with zero attached hydrogens (tertiary/aromatic N) is 1. The number of amides is 2. The van der Waals surface area contributed by atoms with Crippen LogP contribution in [0.2, 0.25) is 0 Å². The van der Waals surface area contributed by atoms with Crippen LogP contribution in [0.3, 0.4) is 0 Å². The molecule has 2 rings (SSSR count). The second-order valence-electron chi connectivity index (χ2n) is 6.38. The highest BCUT2D eigenvalue weighted by Gasteiger charge is 2.29. The smallest absolute Gasteiger partial charge is 0.224 e. The van der Waals surface area contributed by atoms with Crippen molar-refractivity contribution in [2.24, 2.45) is 17.6 Å². The summed E-state index contributed by atoms with van der Waals surface area (Å²) in [5, 5.41) is 3.03. The largest absolute Gasteiger partial charge is 0.356 e. The molecular weight excluding hydrogens is 290 g/mol. The number of nitrogens with two attached hydrogens (primary N) is 1. The molecule has 6 heteroatoms. The van der Waals surface area contributed by atoms with E-state index < -0.39 is 0 Å². The summed E-state index contributed by atoms with van der Waals surface area (Å²) in [4.78, 5) is 26.0. The van der Waals surface area contributed by atoms with Gasteiger partial charge in [0.25, 0.3) is 0 Å². The predicted molar refractivity (Wildman–Crippen MR) is 85.2 cm³/mol. The predicted octanol–water partition coefficient (Wildman–Crippen LogP) is 1.30. The number of nitrogens with one attached hydrogen (secondary N) is 1. The normalized spacial score (nSPS) is 23.1. The van der Waals surface area contributed by atoms with Crippen LogP contribution < -0.4 is 11.1 Å². The van der Waals surface area contributed by atoms with Crippen LogP contribution in [0.5, 0.6) is 0 Å². The Balaban J connectivity index is 0.00000220. The Bertz CT molecular complexity index is 335. The highest BCUT2D eigenvalue weighted by atomic mass is 35.5. The maximum Gasteiger partial charge on any atom is 0.224 e. The van der Waals surface area contributed by atoms with Crippen molar-refractivity contribution < 1.29 is 9.59 Å². The molecule has 3 N–H and O–H groups in total. The van der Waals surface area contributed by atoms with E-state index in [0.29, 0.717) is 25.3 Å². The van der Waals surface area contributed by atoms with Crippen molar-refractivity contribution in [2.45, 2.75) is 51.5 Å². The molecule has 21 heavy (non-hydrogen) atoms. The highest BCUT2D eigenvalue weighted by molar-refractivity contribution is 5.85. The minimum absolute atomic E-state index is 0. The van der Waals surface area contributed by atoms with Gasteiger partial charge in [0.1, 0.15) is 0 Å². The van der Waals surface area contributed by atoms with Crippen molar-refractivity contribution in [3.63, 3.8) is 0 Å². The summed E-state index contributed by atoms with van der Waals surface area (Å²) in [7, 11) is 0. The third kappa shape index (κ3) is 6.22. The molecule has 122 valence electrons. The van der Waals surface area contributed by atoms with Gasteiger partial charge in [-0.1, -0.05) is 0 Å². The SMILES string of the molecule is CC(N)CCC(=O)N1CCCC(C(=O)NCC2CC2)C1.Cl. The van der Waals surface area contributed by atoms with Gasteiger partial charge < -0.3 is 16.0 Å². The third-order valence-electron chi connectivity index (χ3n) is 4.22. The molecule has 0 spiro atoms. The van der Waals surface area contributed by atoms with Gasteiger partial charge in [-0.05, 0) is 44.9 Å². The number of hydrogen-bond acceptors (Lipinski definition) is 3. The van der Waals surface area contributed by atoms with Gasteiger partial charge in [0.05, 0.1) is 5.92 Å². The fraction of sp³-hybridized carbons (Fsp3) is 0.867. The summed E-state index contributed by atoms with van der Waals surface area (Å²) in [6.45, 7) is 4.09. The summed E-state index contributed by atoms with van der Waals surface area (Å²) in [5.74, 6) is 0.941. The summed E-state index contributed by atoms with van der Waals surface area (Å²) < 4.78 is 0. The van der Waals surface area contributed by atoms with Gasteiger partial charge >= 0.3 is 0 Å². The number of hydrogen-bond donors (Lipinski definition) is 2. The lowest BCUT2D eigenvalue weighted by molar-refractivity contribution is -0.135. The fourth-order valence-corrected chi connectivity index (χ4v) is 2.64. The second kappa shape index (κ2) is 8.59. The number of likely N-dealkylation sites (tertiary alicyclic amines) is 1. The van der Waals surface area contributed by atoms with Crippen LogP contribution >= 0.6 is 12.4 Å². The van der Waals surface area contributed by atoms with E-state index in [1.807, 2.05) is 11.8 Å². The quantitative estimate of drug-likeness (QED) is 0.775. The Morgan fingerprint density at radius 3 is 2.67 bits per heavy atom. The molecule has 0 aromatic carbocycles. The van der Waals surface area contributed by atoms with Gasteiger partial charge in [-0.3, -0.25) is 9.59 Å². The third-order valence-corrected chi connectivity index (χ3v) is 4.22. The first-order valence-electron chi connectivity index (χ1n) is 7.87. The van der Waals surface area contributed by atoms with Gasteiger partial charge in [0.2, 0.25) is 11.8 Å². The monoisotopic (exact) mass is 317 g/mol. The number of halogens is 1. The van der Waals surface area contributed by atoms with Crippen LogP contribution in [0.1, 0.15) is 45.4 Å². The Morgan fingerprint density at radius 2 is 2.05 bits per heavy atom. The molecule has 2 fully saturated rings. The zero-order valence-corrected chi connectivity index (χ0v) is 13.7. The fourth-order valence-electron chi connectivity index (χ4n) is 2.64. The van der Waals surface area contributed by atoms with E-state index in [0.717, 1.165) is 25.9 Å². The van der Waals surface area contributed by atoms with Crippen molar-refractivity contribution in [3.05, 3.63) is 0 Å². The van der Waals surface area contributed by atoms with Crippen LogP contribution in [-0.4, -0.2) is 42.4 Å². The van der Waals surface area contributed by atoms with E-state index in [2.05, 4.69) is 5.32 Å². The van der Waals surface area contributed by atoms with Crippen molar-refractivity contribution in [2.75, 3.05) is 19.6 Å². The molecule has 0 radical (unpaired) electrons. The standard InChI is InChI=1S/C15H27N3O2.ClH/c1-11(16)4-7-14(19)18-8-2-3-13(10-18)15(20)17-9-12-5-6-12;/h11-13H,2-10,16H2,1H3,(H,17,20);1H. The number of rotatable bonds is 6. The van der Waals surface area contributed by atoms with Gasteiger partial charge in [-0.15, -0.1) is 12.4 Å². The summed E-state index contributed by atoms with van der Waals surface area (Å²) >= 11 is 0. The molecule has 2 unspecified atom stereocenters. The summed E-state index contributed by atoms with van der Waals surface area (Å²) in [5.41, 5.74) is 5.68. The molecule has 0 aromatic rings. The number of carbonyl (C=O) groups excluding carboxylic acids is 2. The maximum absolute atomic E-state index is 12.1. The van der Waals surface area contributed by atoms with E-state index >= 15 is 0 Å². The summed E-state index contributed by atoms with van der Waals surface area (Å²) in [6.07, 6.45) is 5.51. The van der Waals surface area contributed by atoms with Crippen LogP contribution in [0.4, 0.5) is 0 Å². The lowest BCUT2D eigenvalue weighted by Crippen LogP contribution is -2.45. The van der Waals surface area contributed by atoms with Crippen molar-refractivity contribution in [1.29, 1.82) is 0 Å². The van der Waals surface area contributed by atoms with Gasteiger partial charge in [0.15, 0.2) is 0 Å². The van der Waals surface area contributed by atoms with Crippen molar-refractivity contribution >= 4 is 24.2 Å². The average molecular weight is 318 g/mol. The number of piperidine rings is 1. The van der Waals surface area contributed by atoms with E-state index in [9.17, 15) is 9.59 Å². The van der Waals surface area contributed by atoms with Crippen LogP contribution in [0.25, 0.3) is 0 Å². The van der Waals surface area contributed by atoms with E-state index in [4.69, 9.17) is 5.73 Å². The minimum atomic E-state index is -0.0262. The lowest BCUT2D eigenvalue weighted by Gasteiger charge is -2.32. The van der Waals surface area contributed by atoms with Gasteiger partial charge in [-0.2, -0.15) is 0 Å². The van der Waals surface area contributed by atoms with Gasteiger partial charge in [-0.25, -0.2) is 0 Å². The molecule has 1 saturated carbocycles. The van der Waals surface area contributed by atoms with Crippen molar-refractivity contribution in [1.82, 2.24) is 10.2 Å². The Labute approximate surface area is 133 Å². The molecule has 5 nitrogen and oxygen atoms in total. The number of carbonyl (C=O) groups is 2. The molecule has 2 atom stereocenters. The molecule has 1 saturated heterocycles. The average Bonchev–Trinajstić information content (AvgIpc) is 3.26. The first-order chi connectivity index (χ1) is 9.56. The maximum atomic E-state index is 12.1. The molecule has 1 aliphatic heterocycles. The van der Waals surface area contributed by atoms with Gasteiger partial charge in [0, 0.05) is 32.1 Å². The Morgan fingerprint density at radius 1 is 1.33 bits per heavy atom. The highest BCUT2D eigenvalue weighted by Crippen LogP contribution is 2.28. The van der Waals surface area contributed by atoms with Crippen LogP contribution in [0, 0.1) is 11.8 Å². The molecular formula is C15H28ClN3O2. The molecule has 2 aliphatic rings. The Hall–Kier alpha value is -0.810. The van der Waals surface area contributed by atoms with Crippen molar-refractivity contribution in [3.8, 4) is 0 Å². The Kier molecular flexibility index (Phi) is 7.46. The van der Waals surface area contributed by atoms with Crippen LogP contribution in [0.15, 0.2) is 0 Å². The second-order valence-corrected chi connectivity index (χ2v) is 6.38. The lowest BCUT2D eigenvalue weighted by atomic mass is 9.96. The molecule has 0 aromatic heterocycles. The minimum Gasteiger partial charge on any atom is -0.356 e. The van der Waals surface area contributed by atoms with E-state index in [1.165, 1.54) is 12.8 Å². The van der Waals surface area contributed by atoms with Crippen LogP contribution in [-0.2, 0) is 9.59 Å². The molecule has 1 heterocycles.